The molecule has 88 valence electrons. The maximum absolute atomic E-state index is 11.8. The van der Waals surface area contributed by atoms with Gasteiger partial charge in [-0.3, -0.25) is 0 Å². The average molecular weight is 297 g/mol. The fourth-order valence-corrected chi connectivity index (χ4v) is 1.46. The maximum atomic E-state index is 11.8. The van der Waals surface area contributed by atoms with E-state index in [1.165, 1.54) is 6.07 Å². The highest BCUT2D eigenvalue weighted by molar-refractivity contribution is 9.10. The number of benzene rings is 1. The van der Waals surface area contributed by atoms with Crippen LogP contribution in [0.2, 0.25) is 0 Å². The van der Waals surface area contributed by atoms with Crippen molar-refractivity contribution in [3.63, 3.8) is 0 Å². The SMILES string of the molecule is Cc1cccc(C(=O)OCC(F)(F)F)c1Br. The normalized spacial score (nSPS) is 11.3. The highest BCUT2D eigenvalue weighted by Crippen LogP contribution is 2.23. The summed E-state index contributed by atoms with van der Waals surface area (Å²) >= 11 is 3.12. The Morgan fingerprint density at radius 2 is 2.06 bits per heavy atom. The minimum absolute atomic E-state index is 0.0873. The van der Waals surface area contributed by atoms with Gasteiger partial charge >= 0.3 is 12.1 Å². The number of halogens is 4. The number of hydrogen-bond donors (Lipinski definition) is 0. The van der Waals surface area contributed by atoms with E-state index in [1.807, 2.05) is 0 Å². The Kier molecular flexibility index (Phi) is 3.96. The third-order valence-corrected chi connectivity index (χ3v) is 2.83. The average Bonchev–Trinajstić information content (AvgIpc) is 2.17. The van der Waals surface area contributed by atoms with E-state index in [-0.39, 0.29) is 5.56 Å². The van der Waals surface area contributed by atoms with E-state index in [9.17, 15) is 18.0 Å². The molecule has 1 aromatic rings. The zero-order valence-corrected chi connectivity index (χ0v) is 9.85. The molecule has 0 bridgehead atoms. The Morgan fingerprint density at radius 1 is 1.44 bits per heavy atom. The van der Waals surface area contributed by atoms with Crippen molar-refractivity contribution >= 4 is 21.9 Å². The van der Waals surface area contributed by atoms with Crippen molar-refractivity contribution in [3.8, 4) is 0 Å². The van der Waals surface area contributed by atoms with E-state index >= 15 is 0 Å². The number of alkyl halides is 3. The summed E-state index contributed by atoms with van der Waals surface area (Å²) in [4.78, 5) is 11.3. The number of ether oxygens (including phenoxy) is 1. The molecule has 6 heteroatoms. The molecule has 0 fully saturated rings. The van der Waals surface area contributed by atoms with Crippen molar-refractivity contribution in [1.82, 2.24) is 0 Å². The van der Waals surface area contributed by atoms with Crippen LogP contribution < -0.4 is 0 Å². The lowest BCUT2D eigenvalue weighted by atomic mass is 10.1. The third-order valence-electron chi connectivity index (χ3n) is 1.78. The lowest BCUT2D eigenvalue weighted by molar-refractivity contribution is -0.161. The van der Waals surface area contributed by atoms with Crippen LogP contribution in [-0.4, -0.2) is 18.8 Å². The lowest BCUT2D eigenvalue weighted by Gasteiger charge is -2.09. The van der Waals surface area contributed by atoms with Gasteiger partial charge in [-0.05, 0) is 34.5 Å². The van der Waals surface area contributed by atoms with Crippen molar-refractivity contribution in [3.05, 3.63) is 33.8 Å². The maximum Gasteiger partial charge on any atom is 0.422 e. The van der Waals surface area contributed by atoms with E-state index in [4.69, 9.17) is 0 Å². The molecule has 0 unspecified atom stereocenters. The molecule has 0 radical (unpaired) electrons. The molecule has 0 spiro atoms. The van der Waals surface area contributed by atoms with Crippen LogP contribution >= 0.6 is 15.9 Å². The van der Waals surface area contributed by atoms with Gasteiger partial charge in [-0.1, -0.05) is 12.1 Å². The van der Waals surface area contributed by atoms with Crippen LogP contribution in [0.15, 0.2) is 22.7 Å². The summed E-state index contributed by atoms with van der Waals surface area (Å²) in [6.07, 6.45) is -4.51. The van der Waals surface area contributed by atoms with Gasteiger partial charge in [0, 0.05) is 4.47 Å². The lowest BCUT2D eigenvalue weighted by Crippen LogP contribution is -2.20. The van der Waals surface area contributed by atoms with Crippen LogP contribution in [0.4, 0.5) is 13.2 Å². The van der Waals surface area contributed by atoms with E-state index in [2.05, 4.69) is 20.7 Å². The number of aryl methyl sites for hydroxylation is 1. The number of esters is 1. The van der Waals surface area contributed by atoms with Gasteiger partial charge in [0.05, 0.1) is 5.56 Å². The van der Waals surface area contributed by atoms with E-state index in [0.29, 0.717) is 4.47 Å². The highest BCUT2D eigenvalue weighted by atomic mass is 79.9. The van der Waals surface area contributed by atoms with Crippen LogP contribution in [0.5, 0.6) is 0 Å². The summed E-state index contributed by atoms with van der Waals surface area (Å²) < 4.78 is 40.0. The van der Waals surface area contributed by atoms with Gasteiger partial charge in [-0.2, -0.15) is 13.2 Å². The van der Waals surface area contributed by atoms with Crippen molar-refractivity contribution in [1.29, 1.82) is 0 Å². The fourth-order valence-electron chi connectivity index (χ4n) is 1.03. The smallest absolute Gasteiger partial charge is 0.422 e. The van der Waals surface area contributed by atoms with Crippen LogP contribution in [0, 0.1) is 6.92 Å². The number of hydrogen-bond acceptors (Lipinski definition) is 2. The van der Waals surface area contributed by atoms with Crippen LogP contribution in [-0.2, 0) is 4.74 Å². The minimum atomic E-state index is -4.51. The second-order valence-corrected chi connectivity index (χ2v) is 3.92. The quantitative estimate of drug-likeness (QED) is 0.781. The van der Waals surface area contributed by atoms with Crippen molar-refractivity contribution in [2.24, 2.45) is 0 Å². The molecule has 0 saturated carbocycles. The Morgan fingerprint density at radius 3 is 2.62 bits per heavy atom. The number of carbonyl (C=O) groups is 1. The number of carbonyl (C=O) groups excluding carboxylic acids is 1. The Bertz CT molecular complexity index is 402. The first kappa shape index (κ1) is 13.0. The molecular weight excluding hydrogens is 289 g/mol. The third kappa shape index (κ3) is 3.52. The molecule has 0 atom stereocenters. The molecule has 1 aromatic carbocycles. The molecule has 0 aliphatic heterocycles. The molecule has 0 amide bonds. The Balaban J connectivity index is 2.78. The van der Waals surface area contributed by atoms with Gasteiger partial charge in [-0.15, -0.1) is 0 Å². The van der Waals surface area contributed by atoms with Crippen molar-refractivity contribution in [2.45, 2.75) is 13.1 Å². The van der Waals surface area contributed by atoms with Crippen molar-refractivity contribution < 1.29 is 22.7 Å². The van der Waals surface area contributed by atoms with Crippen LogP contribution in [0.1, 0.15) is 15.9 Å². The zero-order valence-electron chi connectivity index (χ0n) is 8.27. The van der Waals surface area contributed by atoms with E-state index in [0.717, 1.165) is 5.56 Å². The minimum Gasteiger partial charge on any atom is -0.452 e. The summed E-state index contributed by atoms with van der Waals surface area (Å²) in [6, 6.07) is 4.70. The monoisotopic (exact) mass is 296 g/mol. The largest absolute Gasteiger partial charge is 0.452 e. The topological polar surface area (TPSA) is 26.3 Å². The van der Waals surface area contributed by atoms with Crippen molar-refractivity contribution in [2.75, 3.05) is 6.61 Å². The molecule has 0 heterocycles. The summed E-state index contributed by atoms with van der Waals surface area (Å²) in [5, 5.41) is 0. The molecule has 0 saturated heterocycles. The molecule has 2 nitrogen and oxygen atoms in total. The molecule has 1 rings (SSSR count). The Labute approximate surface area is 98.5 Å². The first-order valence-corrected chi connectivity index (χ1v) is 5.09. The van der Waals surface area contributed by atoms with Gasteiger partial charge < -0.3 is 4.74 Å². The van der Waals surface area contributed by atoms with Gasteiger partial charge in [-0.25, -0.2) is 4.79 Å². The highest BCUT2D eigenvalue weighted by Gasteiger charge is 2.30. The summed E-state index contributed by atoms with van der Waals surface area (Å²) in [6.45, 7) is 0.150. The first-order valence-electron chi connectivity index (χ1n) is 4.30. The second kappa shape index (κ2) is 4.86. The second-order valence-electron chi connectivity index (χ2n) is 3.13. The van der Waals surface area contributed by atoms with Gasteiger partial charge in [0.2, 0.25) is 0 Å². The predicted molar refractivity (Wildman–Crippen MR) is 55.2 cm³/mol. The van der Waals surface area contributed by atoms with E-state index in [1.54, 1.807) is 19.1 Å². The Hall–Kier alpha value is -1.04. The molecule has 0 aliphatic rings. The zero-order chi connectivity index (χ0) is 12.3. The standard InChI is InChI=1S/C10H8BrF3O2/c1-6-3-2-4-7(8(6)11)9(15)16-5-10(12,13)14/h2-4H,5H2,1H3. The van der Waals surface area contributed by atoms with Crippen LogP contribution in [0.3, 0.4) is 0 Å². The molecule has 0 N–H and O–H groups in total. The number of rotatable bonds is 2. The van der Waals surface area contributed by atoms with Gasteiger partial charge in [0.25, 0.3) is 0 Å². The molecule has 0 aliphatic carbocycles. The first-order chi connectivity index (χ1) is 7.31. The van der Waals surface area contributed by atoms with Gasteiger partial charge in [0.1, 0.15) is 0 Å². The predicted octanol–water partition coefficient (Wildman–Crippen LogP) is 3.48. The fraction of sp³-hybridized carbons (Fsp3) is 0.300. The molecular formula is C10H8BrF3O2. The van der Waals surface area contributed by atoms with Crippen LogP contribution in [0.25, 0.3) is 0 Å². The summed E-state index contributed by atoms with van der Waals surface area (Å²) in [7, 11) is 0. The summed E-state index contributed by atoms with van der Waals surface area (Å²) in [5.74, 6) is -0.993. The van der Waals surface area contributed by atoms with Gasteiger partial charge in [0.15, 0.2) is 6.61 Å². The summed E-state index contributed by atoms with van der Waals surface area (Å²) in [5.41, 5.74) is 0.839. The molecule has 16 heavy (non-hydrogen) atoms. The van der Waals surface area contributed by atoms with E-state index < -0.39 is 18.8 Å². The molecule has 0 aromatic heterocycles.